The maximum atomic E-state index is 6.01. The van der Waals surface area contributed by atoms with Crippen LogP contribution in [-0.4, -0.2) is 18.5 Å². The zero-order valence-corrected chi connectivity index (χ0v) is 12.6. The molecule has 0 radical (unpaired) electrons. The van der Waals surface area contributed by atoms with Gasteiger partial charge in [0.15, 0.2) is 0 Å². The molecule has 2 nitrogen and oxygen atoms in total. The number of hydrogen-bond acceptors (Lipinski definition) is 2. The molecule has 0 saturated heterocycles. The third kappa shape index (κ3) is 4.55. The minimum atomic E-state index is 0.742. The summed E-state index contributed by atoms with van der Waals surface area (Å²) in [5, 5.41) is 0.742. The number of nitrogens with zero attached hydrogens (tertiary/aromatic N) is 1. The van der Waals surface area contributed by atoms with Gasteiger partial charge in [-0.2, -0.15) is 0 Å². The largest absolute Gasteiger partial charge is 0.398 e. The smallest absolute Gasteiger partial charge is 0.0410 e. The van der Waals surface area contributed by atoms with E-state index in [2.05, 4.69) is 42.3 Å². The molecule has 2 aromatic rings. The van der Waals surface area contributed by atoms with Gasteiger partial charge < -0.3 is 10.6 Å². The Balaban J connectivity index is 1.80. The Labute approximate surface area is 126 Å². The van der Waals surface area contributed by atoms with Gasteiger partial charge in [0, 0.05) is 17.3 Å². The maximum absolute atomic E-state index is 6.01. The van der Waals surface area contributed by atoms with Crippen LogP contribution in [0.5, 0.6) is 0 Å². The number of benzene rings is 2. The summed E-state index contributed by atoms with van der Waals surface area (Å²) in [6.45, 7) is 1.88. The Morgan fingerprint density at radius 3 is 2.60 bits per heavy atom. The van der Waals surface area contributed by atoms with E-state index in [1.54, 1.807) is 0 Å². The van der Waals surface area contributed by atoms with E-state index in [1.807, 2.05) is 18.2 Å². The van der Waals surface area contributed by atoms with Crippen LogP contribution in [-0.2, 0) is 13.0 Å². The van der Waals surface area contributed by atoms with Crippen molar-refractivity contribution in [3.8, 4) is 0 Å². The lowest BCUT2D eigenvalue weighted by Gasteiger charge is -2.18. The Bertz CT molecular complexity index is 540. The summed E-state index contributed by atoms with van der Waals surface area (Å²) in [6, 6.07) is 16.2. The fourth-order valence-electron chi connectivity index (χ4n) is 2.28. The van der Waals surface area contributed by atoms with Crippen molar-refractivity contribution < 1.29 is 0 Å². The highest BCUT2D eigenvalue weighted by Gasteiger charge is 2.05. The highest BCUT2D eigenvalue weighted by molar-refractivity contribution is 6.30. The van der Waals surface area contributed by atoms with Gasteiger partial charge in [0.2, 0.25) is 0 Å². The molecule has 3 heteroatoms. The van der Waals surface area contributed by atoms with Gasteiger partial charge in [0.05, 0.1) is 0 Å². The highest BCUT2D eigenvalue weighted by atomic mass is 35.5. The van der Waals surface area contributed by atoms with Gasteiger partial charge in [0.1, 0.15) is 0 Å². The van der Waals surface area contributed by atoms with E-state index in [0.29, 0.717) is 0 Å². The number of rotatable bonds is 6. The highest BCUT2D eigenvalue weighted by Crippen LogP contribution is 2.19. The normalized spacial score (nSPS) is 10.9. The minimum absolute atomic E-state index is 0.742. The summed E-state index contributed by atoms with van der Waals surface area (Å²) in [5.74, 6) is 0. The van der Waals surface area contributed by atoms with Gasteiger partial charge in [0.25, 0.3) is 0 Å². The zero-order valence-electron chi connectivity index (χ0n) is 11.8. The van der Waals surface area contributed by atoms with Gasteiger partial charge in [-0.3, -0.25) is 0 Å². The number of nitrogens with two attached hydrogens (primary N) is 1. The molecule has 2 rings (SSSR count). The third-order valence-electron chi connectivity index (χ3n) is 3.39. The quantitative estimate of drug-likeness (QED) is 0.815. The second kappa shape index (κ2) is 7.32. The molecule has 0 aliphatic rings. The van der Waals surface area contributed by atoms with Crippen LogP contribution < -0.4 is 5.73 Å². The fourth-order valence-corrected chi connectivity index (χ4v) is 2.47. The lowest BCUT2D eigenvalue weighted by atomic mass is 10.1. The third-order valence-corrected chi connectivity index (χ3v) is 3.63. The summed E-state index contributed by atoms with van der Waals surface area (Å²) in [7, 11) is 2.12. The molecule has 0 atom stereocenters. The predicted octanol–water partition coefficient (Wildman–Crippen LogP) is 3.99. The molecule has 0 bridgehead atoms. The Morgan fingerprint density at radius 1 is 1.10 bits per heavy atom. The van der Waals surface area contributed by atoms with Crippen LogP contribution in [0, 0.1) is 0 Å². The molecule has 0 aliphatic carbocycles. The summed E-state index contributed by atoms with van der Waals surface area (Å²) >= 11 is 6.01. The van der Waals surface area contributed by atoms with E-state index in [4.69, 9.17) is 17.3 Å². The molecular weight excluding hydrogens is 268 g/mol. The van der Waals surface area contributed by atoms with Gasteiger partial charge in [-0.05, 0) is 55.8 Å². The van der Waals surface area contributed by atoms with E-state index >= 15 is 0 Å². The van der Waals surface area contributed by atoms with Gasteiger partial charge in [-0.25, -0.2) is 0 Å². The average molecular weight is 289 g/mol. The number of aryl methyl sites for hydroxylation is 1. The first-order valence-electron chi connectivity index (χ1n) is 6.91. The summed E-state index contributed by atoms with van der Waals surface area (Å²) < 4.78 is 0. The van der Waals surface area contributed by atoms with Crippen molar-refractivity contribution in [3.05, 3.63) is 64.7 Å². The molecule has 0 aromatic heterocycles. The lowest BCUT2D eigenvalue weighted by molar-refractivity contribution is 0.323. The summed E-state index contributed by atoms with van der Waals surface area (Å²) in [6.07, 6.45) is 2.25. The number of halogens is 1. The molecule has 2 N–H and O–H groups in total. The molecule has 0 heterocycles. The molecule has 2 aromatic carbocycles. The predicted molar refractivity (Wildman–Crippen MR) is 87.0 cm³/mol. The van der Waals surface area contributed by atoms with Crippen LogP contribution in [0.15, 0.2) is 48.5 Å². The van der Waals surface area contributed by atoms with Gasteiger partial charge in [-0.1, -0.05) is 41.9 Å². The van der Waals surface area contributed by atoms with E-state index < -0.39 is 0 Å². The molecule has 0 saturated carbocycles. The molecular formula is C17H21ClN2. The van der Waals surface area contributed by atoms with Crippen molar-refractivity contribution in [1.82, 2.24) is 4.90 Å². The van der Waals surface area contributed by atoms with E-state index in [0.717, 1.165) is 42.2 Å². The first-order chi connectivity index (χ1) is 9.65. The molecule has 0 fully saturated rings. The molecule has 0 spiro atoms. The molecule has 0 amide bonds. The SMILES string of the molecule is CN(CCCc1ccccc1)Cc1cc(Cl)ccc1N. The van der Waals surface area contributed by atoms with Gasteiger partial charge >= 0.3 is 0 Å². The van der Waals surface area contributed by atoms with Crippen molar-refractivity contribution >= 4 is 17.3 Å². The Morgan fingerprint density at radius 2 is 1.85 bits per heavy atom. The standard InChI is InChI=1S/C17H21ClN2/c1-20(11-5-8-14-6-3-2-4-7-14)13-15-12-16(18)9-10-17(15)19/h2-4,6-7,9-10,12H,5,8,11,13,19H2,1H3. The van der Waals surface area contributed by atoms with Crippen molar-refractivity contribution in [2.24, 2.45) is 0 Å². The van der Waals surface area contributed by atoms with E-state index in [1.165, 1.54) is 5.56 Å². The molecule has 0 unspecified atom stereocenters. The summed E-state index contributed by atoms with van der Waals surface area (Å²) in [4.78, 5) is 2.28. The van der Waals surface area contributed by atoms with Gasteiger partial charge in [-0.15, -0.1) is 0 Å². The Hall–Kier alpha value is -1.51. The van der Waals surface area contributed by atoms with Crippen LogP contribution >= 0.6 is 11.6 Å². The molecule has 20 heavy (non-hydrogen) atoms. The number of hydrogen-bond donors (Lipinski definition) is 1. The second-order valence-electron chi connectivity index (χ2n) is 5.17. The lowest BCUT2D eigenvalue weighted by Crippen LogP contribution is -2.20. The number of anilines is 1. The molecule has 0 aliphatic heterocycles. The topological polar surface area (TPSA) is 29.3 Å². The van der Waals surface area contributed by atoms with Crippen LogP contribution in [0.2, 0.25) is 5.02 Å². The van der Waals surface area contributed by atoms with Crippen molar-refractivity contribution in [2.75, 3.05) is 19.3 Å². The maximum Gasteiger partial charge on any atom is 0.0410 e. The van der Waals surface area contributed by atoms with Crippen molar-refractivity contribution in [3.63, 3.8) is 0 Å². The van der Waals surface area contributed by atoms with E-state index in [-0.39, 0.29) is 0 Å². The van der Waals surface area contributed by atoms with Crippen molar-refractivity contribution in [2.45, 2.75) is 19.4 Å². The monoisotopic (exact) mass is 288 g/mol. The zero-order chi connectivity index (χ0) is 14.4. The number of nitrogen functional groups attached to an aromatic ring is 1. The van der Waals surface area contributed by atoms with E-state index in [9.17, 15) is 0 Å². The first-order valence-corrected chi connectivity index (χ1v) is 7.29. The second-order valence-corrected chi connectivity index (χ2v) is 5.61. The Kier molecular flexibility index (Phi) is 5.45. The van der Waals surface area contributed by atoms with Crippen LogP contribution in [0.1, 0.15) is 17.5 Å². The molecule has 106 valence electrons. The van der Waals surface area contributed by atoms with Crippen molar-refractivity contribution in [1.29, 1.82) is 0 Å². The van der Waals surface area contributed by atoms with Crippen LogP contribution in [0.25, 0.3) is 0 Å². The minimum Gasteiger partial charge on any atom is -0.398 e. The average Bonchev–Trinajstić information content (AvgIpc) is 2.44. The fraction of sp³-hybridized carbons (Fsp3) is 0.294. The van der Waals surface area contributed by atoms with Crippen LogP contribution in [0.3, 0.4) is 0 Å². The first kappa shape index (κ1) is 14.9. The van der Waals surface area contributed by atoms with Crippen LogP contribution in [0.4, 0.5) is 5.69 Å². The summed E-state index contributed by atoms with van der Waals surface area (Å²) in [5.41, 5.74) is 9.27.